The molecule has 1 unspecified atom stereocenters. The molecule has 3 rings (SSSR count). The van der Waals surface area contributed by atoms with Crippen LogP contribution in [0.15, 0.2) is 42.2 Å². The minimum Gasteiger partial charge on any atom is -0.452 e. The van der Waals surface area contributed by atoms with Crippen LogP contribution in [0, 0.1) is 6.92 Å². The van der Waals surface area contributed by atoms with Crippen molar-refractivity contribution < 1.29 is 19.1 Å². The van der Waals surface area contributed by atoms with Gasteiger partial charge in [0.15, 0.2) is 5.76 Å². The maximum Gasteiger partial charge on any atom is 0.329 e. The van der Waals surface area contributed by atoms with Crippen LogP contribution in [-0.2, 0) is 4.79 Å². The SMILES string of the molecule is Cc1c(OC(=O)C(C)Cl)ccc2c1O/C(=C\c1ccc(C(C)C)cc1)C2=O. The highest BCUT2D eigenvalue weighted by molar-refractivity contribution is 6.29. The van der Waals surface area contributed by atoms with Gasteiger partial charge in [0.2, 0.25) is 5.78 Å². The molecule has 1 atom stereocenters. The minimum atomic E-state index is -0.760. The molecular weight excluding hydrogens is 364 g/mol. The maximum atomic E-state index is 12.6. The fourth-order valence-electron chi connectivity index (χ4n) is 2.80. The van der Waals surface area contributed by atoms with Gasteiger partial charge in [-0.1, -0.05) is 38.1 Å². The van der Waals surface area contributed by atoms with E-state index in [4.69, 9.17) is 21.1 Å². The molecule has 0 N–H and O–H groups in total. The molecule has 0 saturated carbocycles. The molecule has 27 heavy (non-hydrogen) atoms. The Morgan fingerprint density at radius 1 is 1.11 bits per heavy atom. The normalized spacial score (nSPS) is 15.6. The zero-order valence-corrected chi connectivity index (χ0v) is 16.5. The third-order valence-corrected chi connectivity index (χ3v) is 4.65. The van der Waals surface area contributed by atoms with Gasteiger partial charge in [0, 0.05) is 5.56 Å². The van der Waals surface area contributed by atoms with E-state index in [2.05, 4.69) is 13.8 Å². The molecule has 2 aromatic rings. The molecule has 4 nitrogen and oxygen atoms in total. The first-order valence-electron chi connectivity index (χ1n) is 8.81. The number of hydrogen-bond acceptors (Lipinski definition) is 4. The second-order valence-electron chi connectivity index (χ2n) is 6.86. The highest BCUT2D eigenvalue weighted by atomic mass is 35.5. The summed E-state index contributed by atoms with van der Waals surface area (Å²) in [5.74, 6) is 0.702. The molecule has 140 valence electrons. The number of Topliss-reactive ketones (excluding diaryl/α,β-unsaturated/α-hetero) is 1. The number of esters is 1. The molecule has 0 radical (unpaired) electrons. The van der Waals surface area contributed by atoms with Crippen molar-refractivity contribution in [1.29, 1.82) is 0 Å². The Kier molecular flexibility index (Phi) is 5.38. The zero-order valence-electron chi connectivity index (χ0n) is 15.7. The van der Waals surface area contributed by atoms with Gasteiger partial charge in [-0.15, -0.1) is 11.6 Å². The maximum absolute atomic E-state index is 12.6. The van der Waals surface area contributed by atoms with Crippen molar-refractivity contribution in [2.75, 3.05) is 0 Å². The average Bonchev–Trinajstić information content (AvgIpc) is 2.94. The van der Waals surface area contributed by atoms with E-state index in [-0.39, 0.29) is 11.5 Å². The summed E-state index contributed by atoms with van der Waals surface area (Å²) >= 11 is 5.75. The first kappa shape index (κ1) is 19.2. The van der Waals surface area contributed by atoms with Gasteiger partial charge in [0.1, 0.15) is 16.9 Å². The van der Waals surface area contributed by atoms with Gasteiger partial charge < -0.3 is 9.47 Å². The van der Waals surface area contributed by atoms with Crippen molar-refractivity contribution in [1.82, 2.24) is 0 Å². The van der Waals surface area contributed by atoms with Crippen LogP contribution in [0.2, 0.25) is 0 Å². The van der Waals surface area contributed by atoms with Crippen LogP contribution in [0.4, 0.5) is 0 Å². The molecule has 0 bridgehead atoms. The average molecular weight is 385 g/mol. The number of alkyl halides is 1. The Morgan fingerprint density at radius 2 is 1.78 bits per heavy atom. The van der Waals surface area contributed by atoms with Crippen molar-refractivity contribution in [2.45, 2.75) is 39.0 Å². The molecule has 1 heterocycles. The van der Waals surface area contributed by atoms with Crippen LogP contribution >= 0.6 is 11.6 Å². The Bertz CT molecular complexity index is 924. The fourth-order valence-corrected chi connectivity index (χ4v) is 2.84. The van der Waals surface area contributed by atoms with E-state index in [1.807, 2.05) is 24.3 Å². The number of carbonyl (C=O) groups is 2. The quantitative estimate of drug-likeness (QED) is 0.312. The van der Waals surface area contributed by atoms with Crippen molar-refractivity contribution >= 4 is 29.4 Å². The van der Waals surface area contributed by atoms with Crippen molar-refractivity contribution in [3.63, 3.8) is 0 Å². The summed E-state index contributed by atoms with van der Waals surface area (Å²) < 4.78 is 11.1. The number of hydrogen-bond donors (Lipinski definition) is 0. The van der Waals surface area contributed by atoms with Gasteiger partial charge in [0.25, 0.3) is 0 Å². The van der Waals surface area contributed by atoms with Crippen molar-refractivity contribution in [2.24, 2.45) is 0 Å². The standard InChI is InChI=1S/C22H21ClO4/c1-12(2)16-7-5-15(6-8-16)11-19-20(24)17-9-10-18(13(3)21(17)26-19)27-22(25)14(4)23/h5-12,14H,1-4H3/b19-11-. The van der Waals surface area contributed by atoms with Crippen molar-refractivity contribution in [3.8, 4) is 11.5 Å². The van der Waals surface area contributed by atoms with Gasteiger partial charge in [-0.3, -0.25) is 9.59 Å². The smallest absolute Gasteiger partial charge is 0.329 e. The predicted octanol–water partition coefficient (Wildman–Crippen LogP) is 5.27. The number of halogens is 1. The lowest BCUT2D eigenvalue weighted by Crippen LogP contribution is -2.18. The number of ketones is 1. The second-order valence-corrected chi connectivity index (χ2v) is 7.52. The zero-order chi connectivity index (χ0) is 19.7. The lowest BCUT2D eigenvalue weighted by Gasteiger charge is -2.10. The summed E-state index contributed by atoms with van der Waals surface area (Å²) in [6.07, 6.45) is 1.72. The van der Waals surface area contributed by atoms with E-state index in [0.29, 0.717) is 28.5 Å². The van der Waals surface area contributed by atoms with E-state index in [1.165, 1.54) is 12.5 Å². The lowest BCUT2D eigenvalue weighted by molar-refractivity contribution is -0.133. The monoisotopic (exact) mass is 384 g/mol. The number of allylic oxidation sites excluding steroid dienone is 1. The molecule has 0 saturated heterocycles. The van der Waals surface area contributed by atoms with Gasteiger partial charge in [0.05, 0.1) is 5.56 Å². The first-order valence-corrected chi connectivity index (χ1v) is 9.25. The Hall–Kier alpha value is -2.59. The summed E-state index contributed by atoms with van der Waals surface area (Å²) in [5, 5.41) is -0.760. The third-order valence-electron chi connectivity index (χ3n) is 4.47. The molecule has 0 amide bonds. The summed E-state index contributed by atoms with van der Waals surface area (Å²) in [4.78, 5) is 24.4. The van der Waals surface area contributed by atoms with Gasteiger partial charge in [-0.05, 0) is 49.1 Å². The van der Waals surface area contributed by atoms with Crippen LogP contribution in [-0.4, -0.2) is 17.1 Å². The molecule has 0 spiro atoms. The van der Waals surface area contributed by atoms with Crippen LogP contribution < -0.4 is 9.47 Å². The molecule has 0 fully saturated rings. The molecule has 1 aliphatic heterocycles. The number of rotatable bonds is 4. The third kappa shape index (κ3) is 3.91. The number of fused-ring (bicyclic) bond motifs is 1. The summed E-state index contributed by atoms with van der Waals surface area (Å²) in [5.41, 5.74) is 3.16. The number of benzene rings is 2. The second kappa shape index (κ2) is 7.57. The predicted molar refractivity (Wildman–Crippen MR) is 106 cm³/mol. The highest BCUT2D eigenvalue weighted by Gasteiger charge is 2.30. The first-order chi connectivity index (χ1) is 12.8. The van der Waals surface area contributed by atoms with Crippen LogP contribution in [0.5, 0.6) is 11.5 Å². The Labute approximate surface area is 163 Å². The lowest BCUT2D eigenvalue weighted by atomic mass is 10.0. The Morgan fingerprint density at radius 3 is 2.37 bits per heavy atom. The van der Waals surface area contributed by atoms with E-state index in [1.54, 1.807) is 25.1 Å². The number of carbonyl (C=O) groups excluding carboxylic acids is 2. The van der Waals surface area contributed by atoms with E-state index in [9.17, 15) is 9.59 Å². The topological polar surface area (TPSA) is 52.6 Å². The summed E-state index contributed by atoms with van der Waals surface area (Å²) in [6, 6.07) is 11.2. The van der Waals surface area contributed by atoms with Gasteiger partial charge in [-0.25, -0.2) is 0 Å². The van der Waals surface area contributed by atoms with Gasteiger partial charge >= 0.3 is 5.97 Å². The largest absolute Gasteiger partial charge is 0.452 e. The van der Waals surface area contributed by atoms with E-state index in [0.717, 1.165) is 5.56 Å². The van der Waals surface area contributed by atoms with E-state index < -0.39 is 11.3 Å². The minimum absolute atomic E-state index is 0.190. The summed E-state index contributed by atoms with van der Waals surface area (Å²) in [7, 11) is 0. The molecule has 0 aliphatic carbocycles. The van der Waals surface area contributed by atoms with E-state index >= 15 is 0 Å². The van der Waals surface area contributed by atoms with Crippen LogP contribution in [0.1, 0.15) is 53.7 Å². The van der Waals surface area contributed by atoms with Crippen LogP contribution in [0.25, 0.3) is 6.08 Å². The molecular formula is C22H21ClO4. The summed E-state index contributed by atoms with van der Waals surface area (Å²) in [6.45, 7) is 7.55. The Balaban J connectivity index is 1.88. The van der Waals surface area contributed by atoms with Crippen molar-refractivity contribution in [3.05, 3.63) is 64.4 Å². The molecule has 0 aromatic heterocycles. The van der Waals surface area contributed by atoms with Gasteiger partial charge in [-0.2, -0.15) is 0 Å². The van der Waals surface area contributed by atoms with Crippen LogP contribution in [0.3, 0.4) is 0 Å². The molecule has 2 aromatic carbocycles. The fraction of sp³-hybridized carbons (Fsp3) is 0.273. The highest BCUT2D eigenvalue weighted by Crippen LogP contribution is 2.39. The molecule has 1 aliphatic rings. The molecule has 5 heteroatoms. The number of ether oxygens (including phenoxy) is 2.